The van der Waals surface area contributed by atoms with Crippen molar-refractivity contribution in [3.63, 3.8) is 0 Å². The van der Waals surface area contributed by atoms with Crippen LogP contribution in [0.4, 0.5) is 0 Å². The van der Waals surface area contributed by atoms with E-state index in [1.54, 1.807) is 5.56 Å². The van der Waals surface area contributed by atoms with E-state index >= 15 is 0 Å². The summed E-state index contributed by atoms with van der Waals surface area (Å²) < 4.78 is 0. The first kappa shape index (κ1) is 28.5. The maximum absolute atomic E-state index is 2.32. The van der Waals surface area contributed by atoms with Gasteiger partial charge in [0.2, 0.25) is 0 Å². The highest BCUT2D eigenvalue weighted by Crippen LogP contribution is 2.16. The topological polar surface area (TPSA) is 3.24 Å². The zero-order valence-electron chi connectivity index (χ0n) is 19.9. The van der Waals surface area contributed by atoms with Crippen LogP contribution in [0, 0.1) is 0 Å². The Labute approximate surface area is 189 Å². The van der Waals surface area contributed by atoms with Crippen LogP contribution in [-0.2, 0) is 13.0 Å². The third-order valence-electron chi connectivity index (χ3n) is 5.90. The molecule has 1 aromatic rings. The number of rotatable bonds is 19. The van der Waals surface area contributed by atoms with E-state index in [1.165, 1.54) is 115 Å². The molecule has 170 valence electrons. The van der Waals surface area contributed by atoms with Gasteiger partial charge in [-0.3, -0.25) is 0 Å². The predicted octanol–water partition coefficient (Wildman–Crippen LogP) is 8.97. The minimum absolute atomic E-state index is 0. The van der Waals surface area contributed by atoms with Crippen LogP contribution in [0.5, 0.6) is 0 Å². The highest BCUT2D eigenvalue weighted by molar-refractivity contribution is 5.85. The molecular formula is C27H50ClN. The Bertz CT molecular complexity index is 458. The molecule has 0 aromatic heterocycles. The lowest BCUT2D eigenvalue weighted by Crippen LogP contribution is -2.12. The molecule has 0 aliphatic heterocycles. The summed E-state index contributed by atoms with van der Waals surface area (Å²) >= 11 is 0. The van der Waals surface area contributed by atoms with Gasteiger partial charge in [-0.15, -0.1) is 12.4 Å². The Morgan fingerprint density at radius 3 is 1.34 bits per heavy atom. The molecular weight excluding hydrogens is 374 g/mol. The second kappa shape index (κ2) is 20.7. The number of halogens is 1. The van der Waals surface area contributed by atoms with Crippen LogP contribution in [-0.4, -0.2) is 19.0 Å². The molecule has 0 N–H and O–H groups in total. The van der Waals surface area contributed by atoms with E-state index in [0.29, 0.717) is 0 Å². The zero-order chi connectivity index (χ0) is 20.3. The molecule has 0 fully saturated rings. The molecule has 0 saturated carbocycles. The third kappa shape index (κ3) is 16.9. The fraction of sp³-hybridized carbons (Fsp3) is 0.778. The lowest BCUT2D eigenvalue weighted by molar-refractivity contribution is 0.400. The molecule has 0 amide bonds. The first-order chi connectivity index (χ1) is 13.7. The van der Waals surface area contributed by atoms with Gasteiger partial charge in [-0.25, -0.2) is 0 Å². The molecule has 0 aliphatic carbocycles. The molecule has 1 rings (SSSR count). The number of benzene rings is 1. The van der Waals surface area contributed by atoms with Gasteiger partial charge in [0, 0.05) is 6.54 Å². The van der Waals surface area contributed by atoms with Crippen molar-refractivity contribution < 1.29 is 0 Å². The number of hydrogen-bond donors (Lipinski definition) is 0. The molecule has 0 heterocycles. The van der Waals surface area contributed by atoms with Crippen LogP contribution in [0.25, 0.3) is 0 Å². The van der Waals surface area contributed by atoms with Gasteiger partial charge >= 0.3 is 0 Å². The van der Waals surface area contributed by atoms with Crippen molar-refractivity contribution in [2.75, 3.05) is 14.1 Å². The summed E-state index contributed by atoms with van der Waals surface area (Å²) in [5.41, 5.74) is 3.06. The van der Waals surface area contributed by atoms with Crippen LogP contribution in [0.1, 0.15) is 121 Å². The lowest BCUT2D eigenvalue weighted by atomic mass is 9.99. The summed E-state index contributed by atoms with van der Waals surface area (Å²) in [4.78, 5) is 2.27. The molecule has 0 unspecified atom stereocenters. The lowest BCUT2D eigenvalue weighted by Gasteiger charge is -2.14. The Hall–Kier alpha value is -0.530. The van der Waals surface area contributed by atoms with Crippen LogP contribution in [0.3, 0.4) is 0 Å². The van der Waals surface area contributed by atoms with Gasteiger partial charge in [0.05, 0.1) is 0 Å². The number of nitrogens with zero attached hydrogens (tertiary/aromatic N) is 1. The highest BCUT2D eigenvalue weighted by atomic mass is 35.5. The van der Waals surface area contributed by atoms with Crippen molar-refractivity contribution in [3.05, 3.63) is 35.4 Å². The van der Waals surface area contributed by atoms with E-state index in [0.717, 1.165) is 6.54 Å². The standard InChI is InChI=1S/C27H49N.ClH/c1-4-5-6-7-8-9-10-11-12-13-14-15-16-17-18-19-22-26-23-20-21-24-27(26)25-28(2)3;/h20-21,23-24H,4-19,22,25H2,1-3H3;1H. The number of hydrogen-bond acceptors (Lipinski definition) is 1. The van der Waals surface area contributed by atoms with E-state index in [9.17, 15) is 0 Å². The summed E-state index contributed by atoms with van der Waals surface area (Å²) in [6.45, 7) is 3.36. The van der Waals surface area contributed by atoms with Gasteiger partial charge in [0.15, 0.2) is 0 Å². The van der Waals surface area contributed by atoms with Crippen molar-refractivity contribution >= 4 is 12.4 Å². The molecule has 29 heavy (non-hydrogen) atoms. The Kier molecular flexibility index (Phi) is 20.4. The van der Waals surface area contributed by atoms with Gasteiger partial charge < -0.3 is 4.90 Å². The molecule has 0 aliphatic rings. The van der Waals surface area contributed by atoms with E-state index in [-0.39, 0.29) is 12.4 Å². The van der Waals surface area contributed by atoms with Crippen LogP contribution < -0.4 is 0 Å². The van der Waals surface area contributed by atoms with E-state index in [1.807, 2.05) is 0 Å². The summed E-state index contributed by atoms with van der Waals surface area (Å²) in [6, 6.07) is 8.99. The highest BCUT2D eigenvalue weighted by Gasteiger charge is 2.03. The molecule has 0 bridgehead atoms. The first-order valence-electron chi connectivity index (χ1n) is 12.5. The van der Waals surface area contributed by atoms with Crippen LogP contribution >= 0.6 is 12.4 Å². The number of unbranched alkanes of at least 4 members (excludes halogenated alkanes) is 15. The summed E-state index contributed by atoms with van der Waals surface area (Å²) in [6.07, 6.45) is 24.3. The maximum Gasteiger partial charge on any atom is 0.0230 e. The second-order valence-electron chi connectivity index (χ2n) is 9.06. The monoisotopic (exact) mass is 423 g/mol. The minimum Gasteiger partial charge on any atom is -0.305 e. The Morgan fingerprint density at radius 2 is 0.931 bits per heavy atom. The van der Waals surface area contributed by atoms with E-state index in [4.69, 9.17) is 0 Å². The zero-order valence-corrected chi connectivity index (χ0v) is 20.7. The Morgan fingerprint density at radius 1 is 0.552 bits per heavy atom. The summed E-state index contributed by atoms with van der Waals surface area (Å²) in [5, 5.41) is 0. The van der Waals surface area contributed by atoms with Crippen molar-refractivity contribution in [2.45, 2.75) is 123 Å². The molecule has 0 radical (unpaired) electrons. The number of aryl methyl sites for hydroxylation is 1. The fourth-order valence-corrected chi connectivity index (χ4v) is 4.16. The fourth-order valence-electron chi connectivity index (χ4n) is 4.16. The van der Waals surface area contributed by atoms with Crippen molar-refractivity contribution in [3.8, 4) is 0 Å². The van der Waals surface area contributed by atoms with Gasteiger partial charge in [-0.05, 0) is 38.1 Å². The SMILES string of the molecule is CCCCCCCCCCCCCCCCCCc1ccccc1CN(C)C.Cl. The normalized spacial score (nSPS) is 11.0. The van der Waals surface area contributed by atoms with Gasteiger partial charge in [0.25, 0.3) is 0 Å². The average molecular weight is 424 g/mol. The Balaban J connectivity index is 0.00000784. The van der Waals surface area contributed by atoms with Gasteiger partial charge in [0.1, 0.15) is 0 Å². The molecule has 1 aromatic carbocycles. The third-order valence-corrected chi connectivity index (χ3v) is 5.90. The van der Waals surface area contributed by atoms with Crippen molar-refractivity contribution in [1.82, 2.24) is 4.90 Å². The smallest absolute Gasteiger partial charge is 0.0230 e. The quantitative estimate of drug-likeness (QED) is 0.200. The van der Waals surface area contributed by atoms with Crippen molar-refractivity contribution in [2.24, 2.45) is 0 Å². The molecule has 0 atom stereocenters. The predicted molar refractivity (Wildman–Crippen MR) is 134 cm³/mol. The average Bonchev–Trinajstić information content (AvgIpc) is 2.68. The summed E-state index contributed by atoms with van der Waals surface area (Å²) in [7, 11) is 4.32. The molecule has 2 heteroatoms. The first-order valence-corrected chi connectivity index (χ1v) is 12.5. The van der Waals surface area contributed by atoms with Crippen molar-refractivity contribution in [1.29, 1.82) is 0 Å². The van der Waals surface area contributed by atoms with E-state index < -0.39 is 0 Å². The van der Waals surface area contributed by atoms with Gasteiger partial charge in [-0.2, -0.15) is 0 Å². The largest absolute Gasteiger partial charge is 0.305 e. The maximum atomic E-state index is 2.32. The van der Waals surface area contributed by atoms with E-state index in [2.05, 4.69) is 50.2 Å². The summed E-state index contributed by atoms with van der Waals surface area (Å²) in [5.74, 6) is 0. The minimum atomic E-state index is 0. The van der Waals surface area contributed by atoms with Gasteiger partial charge in [-0.1, -0.05) is 128 Å². The van der Waals surface area contributed by atoms with Crippen LogP contribution in [0.15, 0.2) is 24.3 Å². The van der Waals surface area contributed by atoms with Crippen LogP contribution in [0.2, 0.25) is 0 Å². The molecule has 0 spiro atoms. The molecule has 1 nitrogen and oxygen atoms in total. The second-order valence-corrected chi connectivity index (χ2v) is 9.06. The molecule has 0 saturated heterocycles.